The summed E-state index contributed by atoms with van der Waals surface area (Å²) in [5.41, 5.74) is -0.807. The van der Waals surface area contributed by atoms with Gasteiger partial charge in [0.2, 0.25) is 5.91 Å². The lowest BCUT2D eigenvalue weighted by Gasteiger charge is -2.18. The fourth-order valence-corrected chi connectivity index (χ4v) is 1.53. The first-order valence-electron chi connectivity index (χ1n) is 4.63. The second kappa shape index (κ2) is 3.96. The Morgan fingerprint density at radius 1 is 1.43 bits per heavy atom. The van der Waals surface area contributed by atoms with Crippen molar-refractivity contribution in [2.75, 3.05) is 13.1 Å². The smallest absolute Gasteiger partial charge is 0.303 e. The Morgan fingerprint density at radius 3 is 2.50 bits per heavy atom. The normalized spacial score (nSPS) is 26.6. The van der Waals surface area contributed by atoms with Crippen LogP contribution in [0.2, 0.25) is 0 Å². The predicted octanol–water partition coefficient (Wildman–Crippen LogP) is -0.166. The largest absolute Gasteiger partial charge is 0.481 e. The molecule has 0 saturated carbocycles. The number of hydrogen-bond donors (Lipinski definition) is 2. The van der Waals surface area contributed by atoms with E-state index in [1.165, 1.54) is 4.90 Å². The first-order valence-corrected chi connectivity index (χ1v) is 4.63. The van der Waals surface area contributed by atoms with Crippen molar-refractivity contribution in [2.45, 2.75) is 31.8 Å². The SMILES string of the molecule is CC1(O)CCN(C(=O)CCC(=O)O)C1. The lowest BCUT2D eigenvalue weighted by atomic mass is 10.1. The molecule has 1 heterocycles. The average Bonchev–Trinajstić information content (AvgIpc) is 2.41. The van der Waals surface area contributed by atoms with Crippen LogP contribution in [-0.4, -0.2) is 45.7 Å². The molecule has 1 unspecified atom stereocenters. The van der Waals surface area contributed by atoms with E-state index in [2.05, 4.69) is 0 Å². The second-order valence-corrected chi connectivity index (χ2v) is 3.96. The zero-order valence-corrected chi connectivity index (χ0v) is 8.19. The Hall–Kier alpha value is -1.10. The number of nitrogens with zero attached hydrogens (tertiary/aromatic N) is 1. The van der Waals surface area contributed by atoms with Crippen molar-refractivity contribution in [1.29, 1.82) is 0 Å². The maximum absolute atomic E-state index is 11.4. The second-order valence-electron chi connectivity index (χ2n) is 3.96. The summed E-state index contributed by atoms with van der Waals surface area (Å²) in [5.74, 6) is -1.16. The summed E-state index contributed by atoms with van der Waals surface area (Å²) in [6, 6.07) is 0. The molecule has 1 saturated heterocycles. The lowest BCUT2D eigenvalue weighted by Crippen LogP contribution is -2.33. The Labute approximate surface area is 82.3 Å². The van der Waals surface area contributed by atoms with E-state index < -0.39 is 11.6 Å². The fraction of sp³-hybridized carbons (Fsp3) is 0.778. The van der Waals surface area contributed by atoms with Gasteiger partial charge in [-0.25, -0.2) is 0 Å². The highest BCUT2D eigenvalue weighted by molar-refractivity contribution is 5.81. The molecule has 1 rings (SSSR count). The first kappa shape index (κ1) is 11.0. The molecule has 5 heteroatoms. The van der Waals surface area contributed by atoms with Crippen LogP contribution < -0.4 is 0 Å². The van der Waals surface area contributed by atoms with Crippen molar-refractivity contribution in [2.24, 2.45) is 0 Å². The molecule has 5 nitrogen and oxygen atoms in total. The highest BCUT2D eigenvalue weighted by atomic mass is 16.4. The summed E-state index contributed by atoms with van der Waals surface area (Å²) >= 11 is 0. The van der Waals surface area contributed by atoms with E-state index in [-0.39, 0.29) is 18.7 Å². The van der Waals surface area contributed by atoms with E-state index in [1.54, 1.807) is 6.92 Å². The van der Waals surface area contributed by atoms with Gasteiger partial charge in [-0.3, -0.25) is 9.59 Å². The van der Waals surface area contributed by atoms with Crippen LogP contribution in [0.4, 0.5) is 0 Å². The van der Waals surface area contributed by atoms with Gasteiger partial charge in [-0.05, 0) is 13.3 Å². The Bertz CT molecular complexity index is 249. The number of carboxylic acids is 1. The van der Waals surface area contributed by atoms with Crippen molar-refractivity contribution < 1.29 is 19.8 Å². The molecular weight excluding hydrogens is 186 g/mol. The average molecular weight is 201 g/mol. The zero-order chi connectivity index (χ0) is 10.8. The van der Waals surface area contributed by atoms with Gasteiger partial charge in [-0.1, -0.05) is 0 Å². The molecule has 1 fully saturated rings. The van der Waals surface area contributed by atoms with Crippen LogP contribution >= 0.6 is 0 Å². The van der Waals surface area contributed by atoms with Gasteiger partial charge in [0, 0.05) is 19.5 Å². The molecule has 1 aliphatic heterocycles. The van der Waals surface area contributed by atoms with E-state index in [0.717, 1.165) is 0 Å². The molecule has 0 bridgehead atoms. The van der Waals surface area contributed by atoms with Gasteiger partial charge in [0.05, 0.1) is 12.0 Å². The van der Waals surface area contributed by atoms with Crippen LogP contribution in [0.1, 0.15) is 26.2 Å². The number of carbonyl (C=O) groups is 2. The molecule has 0 aliphatic carbocycles. The standard InChI is InChI=1S/C9H15NO4/c1-9(14)4-5-10(6-9)7(11)2-3-8(12)13/h14H,2-6H2,1H3,(H,12,13). The summed E-state index contributed by atoms with van der Waals surface area (Å²) in [5, 5.41) is 18.0. The minimum Gasteiger partial charge on any atom is -0.481 e. The van der Waals surface area contributed by atoms with Gasteiger partial charge in [0.1, 0.15) is 0 Å². The topological polar surface area (TPSA) is 77.8 Å². The summed E-state index contributed by atoms with van der Waals surface area (Å²) in [6.07, 6.45) is 0.439. The predicted molar refractivity (Wildman–Crippen MR) is 48.7 cm³/mol. The quantitative estimate of drug-likeness (QED) is 0.664. The van der Waals surface area contributed by atoms with E-state index in [4.69, 9.17) is 5.11 Å². The summed E-state index contributed by atoms with van der Waals surface area (Å²) < 4.78 is 0. The van der Waals surface area contributed by atoms with Gasteiger partial charge < -0.3 is 15.1 Å². The number of aliphatic carboxylic acids is 1. The van der Waals surface area contributed by atoms with Crippen molar-refractivity contribution in [1.82, 2.24) is 4.90 Å². The number of hydrogen-bond acceptors (Lipinski definition) is 3. The maximum Gasteiger partial charge on any atom is 0.303 e. The molecule has 0 aromatic carbocycles. The monoisotopic (exact) mass is 201 g/mol. The molecule has 0 aromatic rings. The fourth-order valence-electron chi connectivity index (χ4n) is 1.53. The summed E-state index contributed by atoms with van der Waals surface area (Å²) in [7, 11) is 0. The number of rotatable bonds is 3. The number of likely N-dealkylation sites (tertiary alicyclic amines) is 1. The van der Waals surface area contributed by atoms with Gasteiger partial charge in [0.25, 0.3) is 0 Å². The van der Waals surface area contributed by atoms with Gasteiger partial charge in [0.15, 0.2) is 0 Å². The van der Waals surface area contributed by atoms with Crippen LogP contribution in [-0.2, 0) is 9.59 Å². The minimum absolute atomic E-state index is 0.0193. The number of carbonyl (C=O) groups excluding carboxylic acids is 1. The third-order valence-electron chi connectivity index (χ3n) is 2.36. The van der Waals surface area contributed by atoms with Crippen molar-refractivity contribution in [3.05, 3.63) is 0 Å². The summed E-state index contributed by atoms with van der Waals surface area (Å²) in [4.78, 5) is 23.1. The van der Waals surface area contributed by atoms with Crippen LogP contribution in [0.25, 0.3) is 0 Å². The van der Waals surface area contributed by atoms with Crippen LogP contribution in [0.15, 0.2) is 0 Å². The third-order valence-corrected chi connectivity index (χ3v) is 2.36. The van der Waals surface area contributed by atoms with E-state index in [1.807, 2.05) is 0 Å². The molecule has 1 amide bonds. The molecule has 1 atom stereocenters. The van der Waals surface area contributed by atoms with Gasteiger partial charge in [-0.15, -0.1) is 0 Å². The van der Waals surface area contributed by atoms with Crippen molar-refractivity contribution in [3.8, 4) is 0 Å². The third kappa shape index (κ3) is 2.99. The van der Waals surface area contributed by atoms with Crippen molar-refractivity contribution >= 4 is 11.9 Å². The lowest BCUT2D eigenvalue weighted by molar-refractivity contribution is -0.140. The van der Waals surface area contributed by atoms with Crippen LogP contribution in [0.5, 0.6) is 0 Å². The van der Waals surface area contributed by atoms with Gasteiger partial charge >= 0.3 is 5.97 Å². The van der Waals surface area contributed by atoms with Crippen LogP contribution in [0, 0.1) is 0 Å². The van der Waals surface area contributed by atoms with E-state index in [0.29, 0.717) is 19.5 Å². The number of aliphatic hydroxyl groups is 1. The molecular formula is C9H15NO4. The number of carboxylic acid groups (broad SMARTS) is 1. The molecule has 0 aromatic heterocycles. The van der Waals surface area contributed by atoms with E-state index in [9.17, 15) is 14.7 Å². The highest BCUT2D eigenvalue weighted by Crippen LogP contribution is 2.20. The number of β-amino-alcohol motifs (C(OH)–C–C–N with tert-alkyl or cyclic N) is 1. The molecule has 14 heavy (non-hydrogen) atoms. The maximum atomic E-state index is 11.4. The minimum atomic E-state index is -0.968. The molecule has 80 valence electrons. The molecule has 0 spiro atoms. The molecule has 2 N–H and O–H groups in total. The van der Waals surface area contributed by atoms with Crippen molar-refractivity contribution in [3.63, 3.8) is 0 Å². The zero-order valence-electron chi connectivity index (χ0n) is 8.19. The first-order chi connectivity index (χ1) is 6.41. The Kier molecular flexibility index (Phi) is 3.10. The Balaban J connectivity index is 2.36. The van der Waals surface area contributed by atoms with Crippen LogP contribution in [0.3, 0.4) is 0 Å². The highest BCUT2D eigenvalue weighted by Gasteiger charge is 2.33. The van der Waals surface area contributed by atoms with E-state index >= 15 is 0 Å². The molecule has 1 aliphatic rings. The molecule has 0 radical (unpaired) electrons. The number of amides is 1. The summed E-state index contributed by atoms with van der Waals surface area (Å²) in [6.45, 7) is 2.51. The van der Waals surface area contributed by atoms with Gasteiger partial charge in [-0.2, -0.15) is 0 Å². The Morgan fingerprint density at radius 2 is 2.07 bits per heavy atom.